The van der Waals surface area contributed by atoms with E-state index in [1.54, 1.807) is 30.5 Å². The van der Waals surface area contributed by atoms with Crippen molar-refractivity contribution in [2.45, 2.75) is 6.61 Å². The lowest BCUT2D eigenvalue weighted by molar-refractivity contribution is 0.0955. The maximum absolute atomic E-state index is 12.3. The summed E-state index contributed by atoms with van der Waals surface area (Å²) in [4.78, 5) is 12.3. The van der Waals surface area contributed by atoms with E-state index in [1.165, 1.54) is 0 Å². The fourth-order valence-electron chi connectivity index (χ4n) is 3.14. The highest BCUT2D eigenvalue weighted by atomic mass is 79.9. The molecule has 4 nitrogen and oxygen atoms in total. The number of fused-ring (bicyclic) bond motifs is 1. The zero-order valence-electron chi connectivity index (χ0n) is 16.4. The van der Waals surface area contributed by atoms with Crippen molar-refractivity contribution < 1.29 is 9.53 Å². The van der Waals surface area contributed by atoms with E-state index in [-0.39, 0.29) is 5.91 Å². The first kappa shape index (κ1) is 21.1. The Morgan fingerprint density at radius 2 is 1.81 bits per heavy atom. The van der Waals surface area contributed by atoms with Gasteiger partial charge in [-0.3, -0.25) is 4.79 Å². The molecule has 154 valence electrons. The Morgan fingerprint density at radius 3 is 2.61 bits per heavy atom. The van der Waals surface area contributed by atoms with Crippen molar-refractivity contribution in [2.75, 3.05) is 0 Å². The first-order valence-corrected chi connectivity index (χ1v) is 10.8. The number of nitrogens with zero attached hydrogens (tertiary/aromatic N) is 1. The minimum absolute atomic E-state index is 0.315. The maximum Gasteiger partial charge on any atom is 0.271 e. The van der Waals surface area contributed by atoms with Gasteiger partial charge in [0.1, 0.15) is 12.4 Å². The Labute approximate surface area is 193 Å². The Kier molecular flexibility index (Phi) is 6.65. The van der Waals surface area contributed by atoms with Crippen LogP contribution in [0.15, 0.2) is 94.5 Å². The van der Waals surface area contributed by atoms with Gasteiger partial charge in [-0.2, -0.15) is 5.10 Å². The van der Waals surface area contributed by atoms with Crippen LogP contribution in [-0.4, -0.2) is 12.1 Å². The summed E-state index contributed by atoms with van der Waals surface area (Å²) in [5.41, 5.74) is 4.88. The van der Waals surface area contributed by atoms with Gasteiger partial charge in [-0.15, -0.1) is 0 Å². The fraction of sp³-hybridized carbons (Fsp3) is 0.0400. The van der Waals surface area contributed by atoms with E-state index < -0.39 is 0 Å². The predicted molar refractivity (Wildman–Crippen MR) is 129 cm³/mol. The molecule has 0 radical (unpaired) electrons. The number of hydrogen-bond donors (Lipinski definition) is 1. The van der Waals surface area contributed by atoms with Crippen LogP contribution in [0.2, 0.25) is 5.02 Å². The minimum Gasteiger partial charge on any atom is -0.488 e. The minimum atomic E-state index is -0.315. The van der Waals surface area contributed by atoms with Crippen LogP contribution in [0, 0.1) is 0 Å². The van der Waals surface area contributed by atoms with E-state index in [0.717, 1.165) is 26.4 Å². The number of rotatable bonds is 6. The lowest BCUT2D eigenvalue weighted by atomic mass is 10.0. The summed E-state index contributed by atoms with van der Waals surface area (Å²) in [6, 6.07) is 26.5. The van der Waals surface area contributed by atoms with Gasteiger partial charge in [0.2, 0.25) is 0 Å². The van der Waals surface area contributed by atoms with E-state index in [4.69, 9.17) is 16.3 Å². The van der Waals surface area contributed by atoms with Crippen LogP contribution < -0.4 is 10.2 Å². The quantitative estimate of drug-likeness (QED) is 0.243. The van der Waals surface area contributed by atoms with Crippen molar-refractivity contribution in [1.29, 1.82) is 0 Å². The summed E-state index contributed by atoms with van der Waals surface area (Å²) < 4.78 is 7.10. The molecule has 0 unspecified atom stereocenters. The highest BCUT2D eigenvalue weighted by Gasteiger charge is 2.09. The van der Waals surface area contributed by atoms with Gasteiger partial charge in [-0.1, -0.05) is 70.0 Å². The van der Waals surface area contributed by atoms with Gasteiger partial charge in [0.25, 0.3) is 5.91 Å². The number of carbonyl (C=O) groups is 1. The van der Waals surface area contributed by atoms with Crippen LogP contribution in [0.4, 0.5) is 0 Å². The molecule has 0 aromatic heterocycles. The van der Waals surface area contributed by atoms with Crippen molar-refractivity contribution in [3.8, 4) is 5.75 Å². The molecule has 0 saturated carbocycles. The number of nitrogens with one attached hydrogen (secondary N) is 1. The van der Waals surface area contributed by atoms with Gasteiger partial charge in [0.15, 0.2) is 0 Å². The zero-order valence-corrected chi connectivity index (χ0v) is 18.7. The first-order chi connectivity index (χ1) is 15.1. The van der Waals surface area contributed by atoms with Crippen LogP contribution >= 0.6 is 27.5 Å². The summed E-state index contributed by atoms with van der Waals surface area (Å²) in [6.45, 7) is 0.412. The summed E-state index contributed by atoms with van der Waals surface area (Å²) in [6.07, 6.45) is 1.62. The number of hydrogen-bond acceptors (Lipinski definition) is 3. The molecule has 4 rings (SSSR count). The van der Waals surface area contributed by atoms with Gasteiger partial charge in [0, 0.05) is 20.6 Å². The monoisotopic (exact) mass is 492 g/mol. The van der Waals surface area contributed by atoms with Crippen LogP contribution in [0.3, 0.4) is 0 Å². The smallest absolute Gasteiger partial charge is 0.271 e. The number of carbonyl (C=O) groups excluding carboxylic acids is 1. The lowest BCUT2D eigenvalue weighted by Crippen LogP contribution is -2.17. The normalized spacial score (nSPS) is 11.0. The van der Waals surface area contributed by atoms with Gasteiger partial charge in [-0.05, 0) is 58.8 Å². The van der Waals surface area contributed by atoms with Crippen LogP contribution in [0.5, 0.6) is 5.75 Å². The Morgan fingerprint density at radius 1 is 1.00 bits per heavy atom. The fourth-order valence-corrected chi connectivity index (χ4v) is 3.72. The third kappa shape index (κ3) is 5.32. The zero-order chi connectivity index (χ0) is 21.6. The van der Waals surface area contributed by atoms with Gasteiger partial charge < -0.3 is 4.74 Å². The standard InChI is InChI=1S/C25H18BrClN2O2/c26-20-6-3-4-17(14-20)16-31-24-13-10-18-5-1-2-7-22(18)23(24)15-28-29-25(30)19-8-11-21(27)12-9-19/h1-15H,16H2,(H,29,30)/b28-15+. The molecule has 0 aliphatic heterocycles. The van der Waals surface area contributed by atoms with E-state index in [2.05, 4.69) is 26.5 Å². The van der Waals surface area contributed by atoms with E-state index in [1.807, 2.05) is 60.7 Å². The van der Waals surface area contributed by atoms with E-state index >= 15 is 0 Å². The molecule has 6 heteroatoms. The van der Waals surface area contributed by atoms with Crippen molar-refractivity contribution in [2.24, 2.45) is 5.10 Å². The average Bonchev–Trinajstić information content (AvgIpc) is 2.78. The van der Waals surface area contributed by atoms with Gasteiger partial charge >= 0.3 is 0 Å². The molecule has 1 amide bonds. The second-order valence-corrected chi connectivity index (χ2v) is 8.18. The Hall–Kier alpha value is -3.15. The molecule has 1 N–H and O–H groups in total. The molecular weight excluding hydrogens is 476 g/mol. The SMILES string of the molecule is O=C(N/N=C/c1c(OCc2cccc(Br)c2)ccc2ccccc12)c1ccc(Cl)cc1. The third-order valence-electron chi connectivity index (χ3n) is 4.68. The maximum atomic E-state index is 12.3. The Balaban J connectivity index is 1.58. The lowest BCUT2D eigenvalue weighted by Gasteiger charge is -2.12. The van der Waals surface area contributed by atoms with Crippen LogP contribution in [0.25, 0.3) is 10.8 Å². The highest BCUT2D eigenvalue weighted by molar-refractivity contribution is 9.10. The molecule has 0 saturated heterocycles. The van der Waals surface area contributed by atoms with Crippen molar-refractivity contribution in [3.63, 3.8) is 0 Å². The third-order valence-corrected chi connectivity index (χ3v) is 5.43. The number of hydrazone groups is 1. The molecule has 4 aromatic rings. The molecule has 0 aliphatic carbocycles. The van der Waals surface area contributed by atoms with Crippen molar-refractivity contribution >= 4 is 50.4 Å². The van der Waals surface area contributed by atoms with Crippen molar-refractivity contribution in [1.82, 2.24) is 5.43 Å². The molecule has 31 heavy (non-hydrogen) atoms. The summed E-state index contributed by atoms with van der Waals surface area (Å²) in [7, 11) is 0. The molecule has 0 heterocycles. The van der Waals surface area contributed by atoms with Crippen LogP contribution in [0.1, 0.15) is 21.5 Å². The number of halogens is 2. The summed E-state index contributed by atoms with van der Waals surface area (Å²) in [5.74, 6) is 0.368. The highest BCUT2D eigenvalue weighted by Crippen LogP contribution is 2.27. The topological polar surface area (TPSA) is 50.7 Å². The average molecular weight is 494 g/mol. The second-order valence-electron chi connectivity index (χ2n) is 6.82. The molecule has 0 spiro atoms. The second kappa shape index (κ2) is 9.77. The van der Waals surface area contributed by atoms with E-state index in [9.17, 15) is 4.79 Å². The molecule has 0 fully saturated rings. The van der Waals surface area contributed by atoms with Crippen LogP contribution in [-0.2, 0) is 6.61 Å². The molecule has 0 atom stereocenters. The first-order valence-electron chi connectivity index (χ1n) is 9.58. The van der Waals surface area contributed by atoms with Crippen molar-refractivity contribution in [3.05, 3.63) is 111 Å². The molecule has 0 bridgehead atoms. The predicted octanol–water partition coefficient (Wildman–Crippen LogP) is 6.60. The molecule has 0 aliphatic rings. The largest absolute Gasteiger partial charge is 0.488 e. The van der Waals surface area contributed by atoms with Gasteiger partial charge in [-0.25, -0.2) is 5.43 Å². The number of benzene rings is 4. The number of amides is 1. The number of ether oxygens (including phenoxy) is 1. The Bertz CT molecular complexity index is 1260. The van der Waals surface area contributed by atoms with Gasteiger partial charge in [0.05, 0.1) is 6.21 Å². The van der Waals surface area contributed by atoms with E-state index in [0.29, 0.717) is 22.9 Å². The molecular formula is C25H18BrClN2O2. The summed E-state index contributed by atoms with van der Waals surface area (Å²) >= 11 is 9.36. The molecule has 4 aromatic carbocycles. The summed E-state index contributed by atoms with van der Waals surface area (Å²) in [5, 5.41) is 6.79.